The highest BCUT2D eigenvalue weighted by Gasteiger charge is 2.11. The quantitative estimate of drug-likeness (QED) is 0.778. The van der Waals surface area contributed by atoms with Crippen LogP contribution in [0.4, 0.5) is 5.00 Å². The Hall–Kier alpha value is -2.55. The number of imidazole rings is 1. The monoisotopic (exact) mass is 290 g/mol. The molecule has 0 spiro atoms. The van der Waals surface area contributed by atoms with Gasteiger partial charge in [0.2, 0.25) is 5.91 Å². The molecule has 0 fully saturated rings. The molecule has 0 radical (unpaired) electrons. The van der Waals surface area contributed by atoms with Crippen molar-refractivity contribution in [2.24, 2.45) is 0 Å². The molecule has 8 nitrogen and oxygen atoms in total. The second kappa shape index (κ2) is 5.21. The van der Waals surface area contributed by atoms with E-state index in [0.717, 1.165) is 0 Å². The fraction of sp³-hybridized carbons (Fsp3) is 0.182. The van der Waals surface area contributed by atoms with Gasteiger partial charge in [0.1, 0.15) is 17.2 Å². The molecule has 0 aliphatic carbocycles. The number of aromatic nitrogens is 5. The van der Waals surface area contributed by atoms with Crippen LogP contribution >= 0.6 is 11.5 Å². The molecule has 3 heterocycles. The number of hydrogen-bond acceptors (Lipinski definition) is 7. The molecule has 9 heteroatoms. The number of anilines is 1. The van der Waals surface area contributed by atoms with Crippen LogP contribution in [0, 0.1) is 6.92 Å². The summed E-state index contributed by atoms with van der Waals surface area (Å²) in [7, 11) is 0. The van der Waals surface area contributed by atoms with Crippen LogP contribution in [0.1, 0.15) is 5.82 Å². The molecule has 20 heavy (non-hydrogen) atoms. The van der Waals surface area contributed by atoms with Gasteiger partial charge in [-0.3, -0.25) is 4.79 Å². The predicted octanol–water partition coefficient (Wildman–Crippen LogP) is 1.34. The van der Waals surface area contributed by atoms with Gasteiger partial charge in [0.05, 0.1) is 6.33 Å². The number of hydrogen-bond donors (Lipinski definition) is 1. The van der Waals surface area contributed by atoms with Crippen LogP contribution in [0.15, 0.2) is 29.3 Å². The van der Waals surface area contributed by atoms with Crippen LogP contribution in [-0.2, 0) is 11.3 Å². The van der Waals surface area contributed by atoms with Crippen molar-refractivity contribution < 1.29 is 9.32 Å². The maximum absolute atomic E-state index is 11.8. The first-order valence-electron chi connectivity index (χ1n) is 5.74. The van der Waals surface area contributed by atoms with Crippen molar-refractivity contribution in [3.8, 4) is 11.6 Å². The van der Waals surface area contributed by atoms with Gasteiger partial charge in [0.15, 0.2) is 5.82 Å². The zero-order valence-electron chi connectivity index (χ0n) is 10.5. The van der Waals surface area contributed by atoms with Gasteiger partial charge in [-0.1, -0.05) is 5.16 Å². The maximum atomic E-state index is 11.8. The fourth-order valence-electron chi connectivity index (χ4n) is 1.58. The van der Waals surface area contributed by atoms with Crippen LogP contribution in [0.2, 0.25) is 0 Å². The van der Waals surface area contributed by atoms with E-state index < -0.39 is 0 Å². The number of amides is 1. The zero-order valence-corrected chi connectivity index (χ0v) is 11.3. The third-order valence-electron chi connectivity index (χ3n) is 2.41. The van der Waals surface area contributed by atoms with Crippen molar-refractivity contribution in [1.82, 2.24) is 24.1 Å². The maximum Gasteiger partial charge on any atom is 0.278 e. The van der Waals surface area contributed by atoms with Gasteiger partial charge < -0.3 is 14.4 Å². The minimum absolute atomic E-state index is 0.151. The molecule has 1 amide bonds. The predicted molar refractivity (Wildman–Crippen MR) is 71.0 cm³/mol. The van der Waals surface area contributed by atoms with Crippen LogP contribution in [0.3, 0.4) is 0 Å². The van der Waals surface area contributed by atoms with Crippen LogP contribution < -0.4 is 5.32 Å². The summed E-state index contributed by atoms with van der Waals surface area (Å²) in [5.41, 5.74) is 0.538. The van der Waals surface area contributed by atoms with Gasteiger partial charge in [-0.2, -0.15) is 9.36 Å². The number of carbonyl (C=O) groups excluding carboxylic acids is 1. The van der Waals surface area contributed by atoms with Gasteiger partial charge in [0.25, 0.3) is 5.89 Å². The molecule has 0 aliphatic rings. The second-order valence-corrected chi connectivity index (χ2v) is 4.84. The lowest BCUT2D eigenvalue weighted by molar-refractivity contribution is -0.116. The molecule has 0 bridgehead atoms. The number of nitrogens with one attached hydrogen (secondary N) is 1. The minimum Gasteiger partial charge on any atom is -0.332 e. The standard InChI is InChI=1S/C11H10N6O2S/c1-7-14-11(19-16-7)8-4-17(6-12-8)5-9(18)15-10-2-3-13-20-10/h2-4,6H,5H2,1H3,(H,15,18). The highest BCUT2D eigenvalue weighted by atomic mass is 32.1. The van der Waals surface area contributed by atoms with Crippen LogP contribution in [0.5, 0.6) is 0 Å². The lowest BCUT2D eigenvalue weighted by Gasteiger charge is -2.01. The normalized spacial score (nSPS) is 10.7. The van der Waals surface area contributed by atoms with E-state index in [0.29, 0.717) is 22.4 Å². The SMILES string of the molecule is Cc1noc(-c2cn(CC(=O)Nc3ccns3)cn2)n1. The Balaban J connectivity index is 1.66. The van der Waals surface area contributed by atoms with Crippen molar-refractivity contribution in [2.75, 3.05) is 5.32 Å². The molecule has 0 aromatic carbocycles. The summed E-state index contributed by atoms with van der Waals surface area (Å²) in [6, 6.07) is 1.74. The van der Waals surface area contributed by atoms with E-state index in [1.54, 1.807) is 36.3 Å². The first-order chi connectivity index (χ1) is 9.70. The summed E-state index contributed by atoms with van der Waals surface area (Å²) in [6.07, 6.45) is 4.85. The lowest BCUT2D eigenvalue weighted by Crippen LogP contribution is -2.17. The van der Waals surface area contributed by atoms with Crippen LogP contribution in [0.25, 0.3) is 11.6 Å². The van der Waals surface area contributed by atoms with Gasteiger partial charge in [-0.15, -0.1) is 0 Å². The van der Waals surface area contributed by atoms with Crippen molar-refractivity contribution in [3.63, 3.8) is 0 Å². The summed E-state index contributed by atoms with van der Waals surface area (Å²) in [6.45, 7) is 1.88. The third-order valence-corrected chi connectivity index (χ3v) is 3.07. The number of rotatable bonds is 4. The first-order valence-corrected chi connectivity index (χ1v) is 6.51. The molecule has 1 N–H and O–H groups in total. The molecule has 0 saturated heterocycles. The Bertz CT molecular complexity index is 717. The number of carbonyl (C=O) groups is 1. The molecule has 0 saturated carbocycles. The van der Waals surface area contributed by atoms with Crippen molar-refractivity contribution >= 4 is 22.4 Å². The molecule has 3 aromatic heterocycles. The summed E-state index contributed by atoms with van der Waals surface area (Å²) in [5.74, 6) is 0.724. The van der Waals surface area contributed by atoms with Gasteiger partial charge in [-0.05, 0) is 24.5 Å². The number of nitrogens with zero attached hydrogens (tertiary/aromatic N) is 5. The molecule has 0 aliphatic heterocycles. The van der Waals surface area contributed by atoms with Crippen molar-refractivity contribution in [2.45, 2.75) is 13.5 Å². The Morgan fingerprint density at radius 3 is 3.15 bits per heavy atom. The molecule has 0 unspecified atom stereocenters. The minimum atomic E-state index is -0.153. The Kier molecular flexibility index (Phi) is 3.25. The van der Waals surface area contributed by atoms with Crippen molar-refractivity contribution in [3.05, 3.63) is 30.6 Å². The van der Waals surface area contributed by atoms with E-state index in [-0.39, 0.29) is 12.5 Å². The highest BCUT2D eigenvalue weighted by molar-refractivity contribution is 7.10. The Labute approximate surface area is 117 Å². The zero-order chi connectivity index (χ0) is 13.9. The van der Waals surface area contributed by atoms with E-state index in [1.807, 2.05) is 0 Å². The molecule has 102 valence electrons. The lowest BCUT2D eigenvalue weighted by atomic mass is 10.4. The highest BCUT2D eigenvalue weighted by Crippen LogP contribution is 2.14. The topological polar surface area (TPSA) is 98.7 Å². The van der Waals surface area contributed by atoms with Crippen molar-refractivity contribution in [1.29, 1.82) is 0 Å². The second-order valence-electron chi connectivity index (χ2n) is 4.00. The van der Waals surface area contributed by atoms with Gasteiger partial charge in [-0.25, -0.2) is 4.98 Å². The van der Waals surface area contributed by atoms with E-state index in [9.17, 15) is 4.79 Å². The Morgan fingerprint density at radius 2 is 2.45 bits per heavy atom. The average Bonchev–Trinajstić information content (AvgIpc) is 3.10. The van der Waals surface area contributed by atoms with E-state index in [1.165, 1.54) is 11.5 Å². The smallest absolute Gasteiger partial charge is 0.278 e. The molecular formula is C11H10N6O2S. The summed E-state index contributed by atoms with van der Waals surface area (Å²) >= 11 is 1.23. The van der Waals surface area contributed by atoms with E-state index in [4.69, 9.17) is 4.52 Å². The Morgan fingerprint density at radius 1 is 1.55 bits per heavy atom. The largest absolute Gasteiger partial charge is 0.332 e. The van der Waals surface area contributed by atoms with E-state index >= 15 is 0 Å². The summed E-state index contributed by atoms with van der Waals surface area (Å²) in [5, 5.41) is 7.14. The van der Waals surface area contributed by atoms with Gasteiger partial charge in [0, 0.05) is 12.4 Å². The molecule has 3 aromatic rings. The average molecular weight is 290 g/mol. The van der Waals surface area contributed by atoms with Crippen LogP contribution in [-0.4, -0.2) is 30.0 Å². The third kappa shape index (κ3) is 2.72. The first kappa shape index (κ1) is 12.5. The fourth-order valence-corrected chi connectivity index (χ4v) is 2.10. The van der Waals surface area contributed by atoms with E-state index in [2.05, 4.69) is 24.8 Å². The molecule has 3 rings (SSSR count). The number of aryl methyl sites for hydroxylation is 1. The summed E-state index contributed by atoms with van der Waals surface area (Å²) < 4.78 is 10.6. The summed E-state index contributed by atoms with van der Waals surface area (Å²) in [4.78, 5) is 20.0. The van der Waals surface area contributed by atoms with Gasteiger partial charge >= 0.3 is 0 Å². The molecular weight excluding hydrogens is 280 g/mol. The molecule has 0 atom stereocenters.